The van der Waals surface area contributed by atoms with Crippen molar-refractivity contribution in [3.05, 3.63) is 0 Å². The van der Waals surface area contributed by atoms with Crippen molar-refractivity contribution >= 4 is 11.9 Å². The van der Waals surface area contributed by atoms with Gasteiger partial charge in [0.15, 0.2) is 12.4 Å². The summed E-state index contributed by atoms with van der Waals surface area (Å²) in [5.74, 6) is -0.126. The van der Waals surface area contributed by atoms with Gasteiger partial charge >= 0.3 is 6.09 Å². The third-order valence-corrected chi connectivity index (χ3v) is 1.51. The molecular formula is C7H11NO3. The van der Waals surface area contributed by atoms with E-state index in [0.717, 1.165) is 19.5 Å². The maximum absolute atomic E-state index is 10.9. The molecule has 1 amide bonds. The summed E-state index contributed by atoms with van der Waals surface area (Å²) in [7, 11) is 0. The van der Waals surface area contributed by atoms with Gasteiger partial charge in [-0.25, -0.2) is 4.79 Å². The molecule has 1 rings (SSSR count). The number of hydrogen-bond donors (Lipinski definition) is 0. The predicted octanol–water partition coefficient (Wildman–Crippen LogP) is 0.418. The zero-order valence-electron chi connectivity index (χ0n) is 6.50. The number of likely N-dealkylation sites (tertiary alicyclic amines) is 1. The summed E-state index contributed by atoms with van der Waals surface area (Å²) in [6.45, 7) is 2.81. The molecule has 4 heteroatoms. The van der Waals surface area contributed by atoms with E-state index >= 15 is 0 Å². The number of carbonyl (C=O) groups excluding carboxylic acids is 2. The van der Waals surface area contributed by atoms with E-state index in [1.807, 2.05) is 0 Å². The molecule has 0 aromatic carbocycles. The van der Waals surface area contributed by atoms with Crippen molar-refractivity contribution in [3.8, 4) is 0 Å². The van der Waals surface area contributed by atoms with Crippen molar-refractivity contribution in [2.24, 2.45) is 0 Å². The van der Waals surface area contributed by atoms with Crippen molar-refractivity contribution in [2.45, 2.75) is 13.3 Å². The normalized spacial score (nSPS) is 15.5. The zero-order chi connectivity index (χ0) is 8.27. The van der Waals surface area contributed by atoms with E-state index in [0.29, 0.717) is 0 Å². The van der Waals surface area contributed by atoms with Crippen molar-refractivity contribution in [1.82, 2.24) is 4.90 Å². The van der Waals surface area contributed by atoms with Gasteiger partial charge in [-0.2, -0.15) is 0 Å². The van der Waals surface area contributed by atoms with E-state index in [-0.39, 0.29) is 18.5 Å². The Morgan fingerprint density at radius 3 is 2.45 bits per heavy atom. The van der Waals surface area contributed by atoms with Gasteiger partial charge in [0.05, 0.1) is 0 Å². The van der Waals surface area contributed by atoms with Crippen molar-refractivity contribution in [3.63, 3.8) is 0 Å². The van der Waals surface area contributed by atoms with Crippen LogP contribution in [-0.2, 0) is 9.53 Å². The van der Waals surface area contributed by atoms with Crippen LogP contribution in [0.15, 0.2) is 0 Å². The first kappa shape index (κ1) is 8.04. The van der Waals surface area contributed by atoms with Crippen LogP contribution in [0.3, 0.4) is 0 Å². The summed E-state index contributed by atoms with van der Waals surface area (Å²) < 4.78 is 4.64. The highest BCUT2D eigenvalue weighted by Crippen LogP contribution is 2.06. The van der Waals surface area contributed by atoms with Gasteiger partial charge < -0.3 is 9.64 Å². The van der Waals surface area contributed by atoms with Crippen LogP contribution in [0.4, 0.5) is 4.79 Å². The standard InChI is InChI=1S/C7H11NO3/c1-6(9)5-11-7(10)8-3-2-4-8/h2-5H2,1H3. The average Bonchev–Trinajstić information content (AvgIpc) is 1.79. The fourth-order valence-corrected chi connectivity index (χ4v) is 0.753. The predicted molar refractivity (Wildman–Crippen MR) is 38.2 cm³/mol. The second-order valence-electron chi connectivity index (χ2n) is 2.60. The van der Waals surface area contributed by atoms with E-state index in [1.54, 1.807) is 4.90 Å². The van der Waals surface area contributed by atoms with Crippen LogP contribution in [-0.4, -0.2) is 36.5 Å². The lowest BCUT2D eigenvalue weighted by molar-refractivity contribution is -0.120. The second kappa shape index (κ2) is 3.37. The number of amides is 1. The molecular weight excluding hydrogens is 146 g/mol. The fraction of sp³-hybridized carbons (Fsp3) is 0.714. The minimum atomic E-state index is -0.369. The van der Waals surface area contributed by atoms with Gasteiger partial charge in [-0.15, -0.1) is 0 Å². The van der Waals surface area contributed by atoms with Crippen LogP contribution < -0.4 is 0 Å². The first-order valence-corrected chi connectivity index (χ1v) is 3.61. The maximum atomic E-state index is 10.9. The average molecular weight is 157 g/mol. The molecule has 1 aliphatic heterocycles. The highest BCUT2D eigenvalue weighted by Gasteiger charge is 2.21. The first-order valence-electron chi connectivity index (χ1n) is 3.61. The van der Waals surface area contributed by atoms with Crippen molar-refractivity contribution in [1.29, 1.82) is 0 Å². The fourth-order valence-electron chi connectivity index (χ4n) is 0.753. The highest BCUT2D eigenvalue weighted by atomic mass is 16.6. The van der Waals surface area contributed by atoms with Gasteiger partial charge in [0.2, 0.25) is 0 Å². The summed E-state index contributed by atoms with van der Waals surface area (Å²) >= 11 is 0. The third-order valence-electron chi connectivity index (χ3n) is 1.51. The molecule has 62 valence electrons. The molecule has 1 heterocycles. The van der Waals surface area contributed by atoms with Crippen LogP contribution in [0.5, 0.6) is 0 Å². The quantitative estimate of drug-likeness (QED) is 0.583. The first-order chi connectivity index (χ1) is 5.20. The Morgan fingerprint density at radius 1 is 1.45 bits per heavy atom. The molecule has 1 aliphatic rings. The van der Waals surface area contributed by atoms with Gasteiger partial charge in [0.1, 0.15) is 0 Å². The van der Waals surface area contributed by atoms with E-state index in [4.69, 9.17) is 0 Å². The number of rotatable bonds is 2. The SMILES string of the molecule is CC(=O)COC(=O)N1CCC1. The third kappa shape index (κ3) is 2.22. The molecule has 0 N–H and O–H groups in total. The van der Waals surface area contributed by atoms with Gasteiger partial charge in [-0.3, -0.25) is 4.79 Å². The smallest absolute Gasteiger partial charge is 0.410 e. The summed E-state index contributed by atoms with van der Waals surface area (Å²) in [5.41, 5.74) is 0. The molecule has 0 radical (unpaired) electrons. The van der Waals surface area contributed by atoms with Gasteiger partial charge in [0, 0.05) is 13.1 Å². The largest absolute Gasteiger partial charge is 0.441 e. The molecule has 0 saturated carbocycles. The molecule has 0 aromatic rings. The Kier molecular flexibility index (Phi) is 2.46. The van der Waals surface area contributed by atoms with Crippen molar-refractivity contribution < 1.29 is 14.3 Å². The Labute approximate surface area is 65.1 Å². The van der Waals surface area contributed by atoms with Gasteiger partial charge in [-0.1, -0.05) is 0 Å². The molecule has 11 heavy (non-hydrogen) atoms. The number of ketones is 1. The summed E-state index contributed by atoms with van der Waals surface area (Å²) in [6, 6.07) is 0. The Balaban J connectivity index is 2.15. The summed E-state index contributed by atoms with van der Waals surface area (Å²) in [5, 5.41) is 0. The Bertz CT molecular complexity index is 175. The van der Waals surface area contributed by atoms with Gasteiger partial charge in [0.25, 0.3) is 0 Å². The van der Waals surface area contributed by atoms with Crippen LogP contribution in [0.2, 0.25) is 0 Å². The lowest BCUT2D eigenvalue weighted by Gasteiger charge is -2.29. The molecule has 0 spiro atoms. The van der Waals surface area contributed by atoms with E-state index in [2.05, 4.69) is 4.74 Å². The number of ether oxygens (including phenoxy) is 1. The van der Waals surface area contributed by atoms with Crippen LogP contribution >= 0.6 is 0 Å². The molecule has 4 nitrogen and oxygen atoms in total. The lowest BCUT2D eigenvalue weighted by Crippen LogP contribution is -2.42. The van der Waals surface area contributed by atoms with Gasteiger partial charge in [-0.05, 0) is 13.3 Å². The molecule has 0 atom stereocenters. The zero-order valence-corrected chi connectivity index (χ0v) is 6.50. The second-order valence-corrected chi connectivity index (χ2v) is 2.60. The monoisotopic (exact) mass is 157 g/mol. The Morgan fingerprint density at radius 2 is 2.09 bits per heavy atom. The topological polar surface area (TPSA) is 46.6 Å². The van der Waals surface area contributed by atoms with E-state index in [9.17, 15) is 9.59 Å². The number of hydrogen-bond acceptors (Lipinski definition) is 3. The van der Waals surface area contributed by atoms with Crippen LogP contribution in [0.1, 0.15) is 13.3 Å². The molecule has 0 unspecified atom stereocenters. The minimum Gasteiger partial charge on any atom is -0.441 e. The lowest BCUT2D eigenvalue weighted by atomic mass is 10.2. The number of carbonyl (C=O) groups is 2. The molecule has 1 fully saturated rings. The van der Waals surface area contributed by atoms with Crippen molar-refractivity contribution in [2.75, 3.05) is 19.7 Å². The van der Waals surface area contributed by atoms with Crippen LogP contribution in [0.25, 0.3) is 0 Å². The molecule has 1 saturated heterocycles. The van der Waals surface area contributed by atoms with Crippen LogP contribution in [0, 0.1) is 0 Å². The summed E-state index contributed by atoms with van der Waals surface area (Å²) in [4.78, 5) is 22.8. The summed E-state index contributed by atoms with van der Waals surface area (Å²) in [6.07, 6.45) is 0.668. The number of Topliss-reactive ketones (excluding diaryl/α,β-unsaturated/α-hetero) is 1. The number of nitrogens with zero attached hydrogens (tertiary/aromatic N) is 1. The maximum Gasteiger partial charge on any atom is 0.410 e. The van der Waals surface area contributed by atoms with E-state index in [1.165, 1.54) is 6.92 Å². The highest BCUT2D eigenvalue weighted by molar-refractivity contribution is 5.79. The van der Waals surface area contributed by atoms with E-state index < -0.39 is 0 Å². The molecule has 0 aromatic heterocycles. The molecule has 0 bridgehead atoms. The Hall–Kier alpha value is -1.06. The molecule has 0 aliphatic carbocycles. The minimum absolute atomic E-state index is 0.102.